The van der Waals surface area contributed by atoms with Crippen molar-refractivity contribution >= 4 is 66.5 Å². The predicted octanol–water partition coefficient (Wildman–Crippen LogP) is 10.8. The molecule has 3 nitrogen and oxygen atoms in total. The third-order valence-corrected chi connectivity index (χ3v) is 9.83. The average Bonchev–Trinajstić information content (AvgIpc) is 3.70. The minimum absolute atomic E-state index is 0.921. The van der Waals surface area contributed by atoms with Crippen LogP contribution in [0.4, 0.5) is 0 Å². The lowest BCUT2D eigenvalue weighted by atomic mass is 10.0. The van der Waals surface area contributed by atoms with E-state index >= 15 is 0 Å². The average molecular weight is 555 g/mol. The van der Waals surface area contributed by atoms with Crippen LogP contribution < -0.4 is 0 Å². The Labute approximate surface area is 245 Å². The molecule has 0 N–H and O–H groups in total. The number of fused-ring (bicyclic) bond motifs is 10. The first-order valence-corrected chi connectivity index (χ1v) is 15.0. The van der Waals surface area contributed by atoms with E-state index in [1.54, 1.807) is 0 Å². The molecule has 1 aliphatic heterocycles. The van der Waals surface area contributed by atoms with E-state index in [0.29, 0.717) is 0 Å². The van der Waals surface area contributed by atoms with Gasteiger partial charge in [-0.3, -0.25) is 9.13 Å². The third-order valence-electron chi connectivity index (χ3n) is 8.72. The summed E-state index contributed by atoms with van der Waals surface area (Å²) in [5, 5.41) is 6.17. The zero-order valence-corrected chi connectivity index (χ0v) is 23.2. The normalized spacial score (nSPS) is 12.7. The highest BCUT2D eigenvalue weighted by molar-refractivity contribution is 7.99. The number of hydrogen-bond donors (Lipinski definition) is 0. The van der Waals surface area contributed by atoms with E-state index in [-0.39, 0.29) is 0 Å². The molecule has 0 amide bonds. The van der Waals surface area contributed by atoms with Crippen LogP contribution in [0.15, 0.2) is 148 Å². The van der Waals surface area contributed by atoms with Gasteiger partial charge in [0.25, 0.3) is 0 Å². The Morgan fingerprint density at radius 3 is 2.17 bits per heavy atom. The van der Waals surface area contributed by atoms with Gasteiger partial charge in [0.1, 0.15) is 16.8 Å². The quantitative estimate of drug-likeness (QED) is 0.212. The van der Waals surface area contributed by atoms with Gasteiger partial charge in [0.05, 0.1) is 16.7 Å². The highest BCUT2D eigenvalue weighted by Gasteiger charge is 2.27. The molecule has 3 aromatic heterocycles. The fourth-order valence-electron chi connectivity index (χ4n) is 6.95. The maximum atomic E-state index is 6.36. The van der Waals surface area contributed by atoms with Crippen LogP contribution in [-0.4, -0.2) is 9.13 Å². The first-order valence-electron chi connectivity index (χ1n) is 14.2. The van der Waals surface area contributed by atoms with Crippen molar-refractivity contribution in [2.45, 2.75) is 9.79 Å². The number of rotatable bonds is 2. The summed E-state index contributed by atoms with van der Waals surface area (Å²) in [6.07, 6.45) is 0. The van der Waals surface area contributed by atoms with Gasteiger partial charge < -0.3 is 4.42 Å². The smallest absolute Gasteiger partial charge is 0.143 e. The van der Waals surface area contributed by atoms with E-state index < -0.39 is 0 Å². The van der Waals surface area contributed by atoms with Crippen LogP contribution in [0.25, 0.3) is 77.3 Å². The van der Waals surface area contributed by atoms with Crippen molar-refractivity contribution in [1.82, 2.24) is 9.13 Å². The molecule has 0 saturated heterocycles. The molecule has 0 atom stereocenters. The molecular formula is C38H22N2OS. The zero-order chi connectivity index (χ0) is 27.4. The number of hydrogen-bond acceptors (Lipinski definition) is 2. The van der Waals surface area contributed by atoms with Crippen molar-refractivity contribution in [1.29, 1.82) is 0 Å². The monoisotopic (exact) mass is 554 g/mol. The van der Waals surface area contributed by atoms with Gasteiger partial charge in [-0.1, -0.05) is 103 Å². The Balaban J connectivity index is 1.25. The van der Waals surface area contributed by atoms with Crippen molar-refractivity contribution in [2.75, 3.05) is 0 Å². The van der Waals surface area contributed by atoms with Crippen LogP contribution in [0.2, 0.25) is 0 Å². The zero-order valence-electron chi connectivity index (χ0n) is 22.4. The fraction of sp³-hybridized carbons (Fsp3) is 0. The topological polar surface area (TPSA) is 23.0 Å². The lowest BCUT2D eigenvalue weighted by molar-refractivity contribution is 0.670. The fourth-order valence-corrected chi connectivity index (χ4v) is 8.05. The molecule has 0 saturated carbocycles. The SMILES string of the molecule is c1ccc2c(c1)Sc1cccc3c4c5ccccc5n(-c5ccc(-c6cccc7c6oc6ccccc67)cc5)c4n-2c13. The second kappa shape index (κ2) is 8.19. The van der Waals surface area contributed by atoms with Crippen LogP contribution in [0.5, 0.6) is 0 Å². The van der Waals surface area contributed by atoms with Gasteiger partial charge in [-0.25, -0.2) is 0 Å². The van der Waals surface area contributed by atoms with E-state index in [4.69, 9.17) is 4.42 Å². The summed E-state index contributed by atoms with van der Waals surface area (Å²) in [4.78, 5) is 2.58. The maximum Gasteiger partial charge on any atom is 0.143 e. The lowest BCUT2D eigenvalue weighted by Gasteiger charge is -2.21. The standard InChI is InChI=1S/C38H22N2OS/c1-3-14-30-28(10-1)35-29-13-8-18-34-36(29)40(31-15-4-6-17-33(31)42-34)38(35)39(30)24-21-19-23(20-22-24)25-11-7-12-27-26-9-2-5-16-32(26)41-37(25)27/h1-22H. The Morgan fingerprint density at radius 1 is 0.524 bits per heavy atom. The number of para-hydroxylation sites is 5. The molecule has 1 aliphatic rings. The molecular weight excluding hydrogens is 532 g/mol. The molecule has 0 unspecified atom stereocenters. The van der Waals surface area contributed by atoms with E-state index in [1.165, 1.54) is 48.3 Å². The summed E-state index contributed by atoms with van der Waals surface area (Å²) < 4.78 is 11.3. The van der Waals surface area contributed by atoms with Crippen molar-refractivity contribution in [2.24, 2.45) is 0 Å². The van der Waals surface area contributed by atoms with Crippen molar-refractivity contribution < 1.29 is 4.42 Å². The van der Waals surface area contributed by atoms with Gasteiger partial charge in [0.2, 0.25) is 0 Å². The van der Waals surface area contributed by atoms with Crippen LogP contribution in [0, 0.1) is 0 Å². The van der Waals surface area contributed by atoms with Gasteiger partial charge in [-0.05, 0) is 48.0 Å². The summed E-state index contributed by atoms with van der Waals surface area (Å²) >= 11 is 1.86. The highest BCUT2D eigenvalue weighted by Crippen LogP contribution is 2.49. The highest BCUT2D eigenvalue weighted by atomic mass is 32.2. The Hall–Kier alpha value is -5.19. The first kappa shape index (κ1) is 22.5. The number of furan rings is 1. The van der Waals surface area contributed by atoms with E-state index in [9.17, 15) is 0 Å². The molecule has 0 spiro atoms. The molecule has 0 bridgehead atoms. The number of benzene rings is 6. The maximum absolute atomic E-state index is 6.36. The van der Waals surface area contributed by atoms with Gasteiger partial charge in [0, 0.05) is 48.0 Å². The Bertz CT molecular complexity index is 2550. The van der Waals surface area contributed by atoms with Crippen molar-refractivity contribution in [3.63, 3.8) is 0 Å². The Morgan fingerprint density at radius 2 is 1.24 bits per heavy atom. The minimum atomic E-state index is 0.921. The molecule has 4 heteroatoms. The summed E-state index contributed by atoms with van der Waals surface area (Å²) in [5.41, 5.74) is 10.2. The van der Waals surface area contributed by atoms with Crippen molar-refractivity contribution in [3.05, 3.63) is 133 Å². The number of aromatic nitrogens is 2. The number of nitrogens with zero attached hydrogens (tertiary/aromatic N) is 2. The minimum Gasteiger partial charge on any atom is -0.455 e. The van der Waals surface area contributed by atoms with Gasteiger partial charge in [-0.15, -0.1) is 0 Å². The van der Waals surface area contributed by atoms with Gasteiger partial charge >= 0.3 is 0 Å². The molecule has 6 aromatic carbocycles. The second-order valence-electron chi connectivity index (χ2n) is 10.9. The molecule has 0 aliphatic carbocycles. The van der Waals surface area contributed by atoms with Crippen LogP contribution in [-0.2, 0) is 0 Å². The predicted molar refractivity (Wildman–Crippen MR) is 174 cm³/mol. The molecule has 0 radical (unpaired) electrons. The van der Waals surface area contributed by atoms with Crippen LogP contribution in [0.1, 0.15) is 0 Å². The van der Waals surface area contributed by atoms with E-state index in [2.05, 4.69) is 130 Å². The largest absolute Gasteiger partial charge is 0.455 e. The molecule has 9 aromatic rings. The van der Waals surface area contributed by atoms with Gasteiger partial charge in [-0.2, -0.15) is 0 Å². The summed E-state index contributed by atoms with van der Waals surface area (Å²) in [6.45, 7) is 0. The summed E-state index contributed by atoms with van der Waals surface area (Å²) in [7, 11) is 0. The third kappa shape index (κ3) is 2.87. The molecule has 4 heterocycles. The molecule has 10 rings (SSSR count). The van der Waals surface area contributed by atoms with Gasteiger partial charge in [0.15, 0.2) is 0 Å². The first-order chi connectivity index (χ1) is 20.8. The lowest BCUT2D eigenvalue weighted by Crippen LogP contribution is -2.05. The molecule has 0 fully saturated rings. The molecule has 42 heavy (non-hydrogen) atoms. The molecule has 196 valence electrons. The van der Waals surface area contributed by atoms with E-state index in [1.807, 2.05) is 23.9 Å². The summed E-state index contributed by atoms with van der Waals surface area (Å²) in [5.74, 6) is 0. The summed E-state index contributed by atoms with van der Waals surface area (Å²) in [6, 6.07) is 47.9. The van der Waals surface area contributed by atoms with E-state index in [0.717, 1.165) is 38.8 Å². The van der Waals surface area contributed by atoms with Crippen molar-refractivity contribution in [3.8, 4) is 22.5 Å². The van der Waals surface area contributed by atoms with Crippen LogP contribution >= 0.6 is 11.8 Å². The Kier molecular flexibility index (Phi) is 4.38. The van der Waals surface area contributed by atoms with Crippen LogP contribution in [0.3, 0.4) is 0 Å². The second-order valence-corrected chi connectivity index (χ2v) is 12.0.